The molecule has 1 saturated heterocycles. The number of carbonyl (C=O) groups is 1. The average molecular weight is 242 g/mol. The summed E-state index contributed by atoms with van der Waals surface area (Å²) < 4.78 is 15.0. The Morgan fingerprint density at radius 1 is 1.65 bits per heavy atom. The van der Waals surface area contributed by atoms with Crippen molar-refractivity contribution in [3.05, 3.63) is 11.8 Å². The van der Waals surface area contributed by atoms with Crippen molar-refractivity contribution >= 4 is 5.97 Å². The standard InChI is InChI=1S/C11H14O6/c1-15-9(12)6-3-16-10(13)8-5(6)2-7-11(8,14)4-17-7/h3,5,7-8,10,13-14H,2,4H2,1H3/t5?,7?,8?,10-,11?/m1/s1. The summed E-state index contributed by atoms with van der Waals surface area (Å²) >= 11 is 0. The van der Waals surface area contributed by atoms with E-state index in [-0.39, 0.29) is 18.6 Å². The molecular weight excluding hydrogens is 228 g/mol. The van der Waals surface area contributed by atoms with Crippen LogP contribution in [0.5, 0.6) is 0 Å². The zero-order chi connectivity index (χ0) is 12.2. The first-order valence-corrected chi connectivity index (χ1v) is 5.54. The van der Waals surface area contributed by atoms with E-state index in [4.69, 9.17) is 9.47 Å². The lowest BCUT2D eigenvalue weighted by Gasteiger charge is -2.45. The molecule has 3 rings (SSSR count). The number of ether oxygens (including phenoxy) is 3. The second kappa shape index (κ2) is 3.44. The van der Waals surface area contributed by atoms with Gasteiger partial charge < -0.3 is 24.4 Å². The van der Waals surface area contributed by atoms with Gasteiger partial charge in [0, 0.05) is 5.92 Å². The van der Waals surface area contributed by atoms with Crippen LogP contribution in [0.25, 0.3) is 0 Å². The second-order valence-electron chi connectivity index (χ2n) is 4.75. The first kappa shape index (κ1) is 11.0. The van der Waals surface area contributed by atoms with Crippen LogP contribution in [-0.2, 0) is 19.0 Å². The fourth-order valence-electron chi connectivity index (χ4n) is 3.08. The molecule has 5 atom stereocenters. The van der Waals surface area contributed by atoms with Gasteiger partial charge in [0.05, 0.1) is 37.6 Å². The van der Waals surface area contributed by atoms with Gasteiger partial charge in [0.2, 0.25) is 6.29 Å². The number of hydrogen-bond donors (Lipinski definition) is 2. The quantitative estimate of drug-likeness (QED) is 0.583. The summed E-state index contributed by atoms with van der Waals surface area (Å²) in [5, 5.41) is 20.1. The number of esters is 1. The van der Waals surface area contributed by atoms with Gasteiger partial charge in [-0.05, 0) is 6.42 Å². The highest BCUT2D eigenvalue weighted by Gasteiger charge is 2.66. The maximum absolute atomic E-state index is 11.6. The molecule has 0 amide bonds. The van der Waals surface area contributed by atoms with E-state index in [2.05, 4.69) is 4.74 Å². The zero-order valence-electron chi connectivity index (χ0n) is 9.33. The molecule has 0 spiro atoms. The summed E-state index contributed by atoms with van der Waals surface area (Å²) in [5.41, 5.74) is -0.730. The van der Waals surface area contributed by atoms with E-state index < -0.39 is 23.8 Å². The molecule has 1 saturated carbocycles. The summed E-state index contributed by atoms with van der Waals surface area (Å²) in [5.74, 6) is -1.29. The number of methoxy groups -OCH3 is 1. The molecule has 0 bridgehead atoms. The van der Waals surface area contributed by atoms with Crippen LogP contribution in [0.15, 0.2) is 11.8 Å². The molecular formula is C11H14O6. The summed E-state index contributed by atoms with van der Waals surface area (Å²) in [6.45, 7) is 0.174. The molecule has 2 heterocycles. The van der Waals surface area contributed by atoms with Crippen molar-refractivity contribution in [2.75, 3.05) is 13.7 Å². The van der Waals surface area contributed by atoms with E-state index in [1.807, 2.05) is 0 Å². The molecule has 0 aromatic rings. The molecule has 94 valence electrons. The van der Waals surface area contributed by atoms with E-state index in [0.29, 0.717) is 12.0 Å². The van der Waals surface area contributed by atoms with Gasteiger partial charge in [-0.1, -0.05) is 0 Å². The maximum Gasteiger partial charge on any atom is 0.337 e. The average Bonchev–Trinajstić information content (AvgIpc) is 2.51. The fourth-order valence-corrected chi connectivity index (χ4v) is 3.08. The van der Waals surface area contributed by atoms with E-state index >= 15 is 0 Å². The van der Waals surface area contributed by atoms with Gasteiger partial charge >= 0.3 is 5.97 Å². The number of aliphatic hydroxyl groups excluding tert-OH is 1. The number of aliphatic hydroxyl groups is 2. The molecule has 0 aromatic heterocycles. The van der Waals surface area contributed by atoms with Crippen molar-refractivity contribution in [2.24, 2.45) is 11.8 Å². The van der Waals surface area contributed by atoms with Gasteiger partial charge in [0.15, 0.2) is 0 Å². The monoisotopic (exact) mass is 242 g/mol. The summed E-state index contributed by atoms with van der Waals surface area (Å²) in [4.78, 5) is 11.6. The van der Waals surface area contributed by atoms with E-state index in [9.17, 15) is 15.0 Å². The van der Waals surface area contributed by atoms with Crippen molar-refractivity contribution < 1.29 is 29.2 Å². The molecule has 2 N–H and O–H groups in total. The van der Waals surface area contributed by atoms with Crippen LogP contribution in [-0.4, -0.2) is 47.9 Å². The first-order valence-electron chi connectivity index (χ1n) is 5.54. The summed E-state index contributed by atoms with van der Waals surface area (Å²) in [7, 11) is 1.29. The van der Waals surface area contributed by atoms with Gasteiger partial charge in [-0.15, -0.1) is 0 Å². The normalized spacial score (nSPS) is 47.1. The Kier molecular flexibility index (Phi) is 2.23. The topological polar surface area (TPSA) is 85.2 Å². The van der Waals surface area contributed by atoms with Gasteiger partial charge in [0.25, 0.3) is 0 Å². The van der Waals surface area contributed by atoms with Crippen molar-refractivity contribution in [1.29, 1.82) is 0 Å². The van der Waals surface area contributed by atoms with Crippen molar-refractivity contribution in [1.82, 2.24) is 0 Å². The Balaban J connectivity index is 1.95. The van der Waals surface area contributed by atoms with Crippen molar-refractivity contribution in [3.63, 3.8) is 0 Å². The minimum atomic E-state index is -1.10. The molecule has 0 aromatic carbocycles. The Labute approximate surface area is 97.8 Å². The largest absolute Gasteiger partial charge is 0.472 e. The molecule has 6 heteroatoms. The van der Waals surface area contributed by atoms with Gasteiger partial charge in [-0.2, -0.15) is 0 Å². The van der Waals surface area contributed by atoms with Crippen LogP contribution in [0.2, 0.25) is 0 Å². The second-order valence-corrected chi connectivity index (χ2v) is 4.75. The molecule has 4 unspecified atom stereocenters. The minimum Gasteiger partial charge on any atom is -0.472 e. The highest BCUT2D eigenvalue weighted by Crippen LogP contribution is 2.53. The zero-order valence-corrected chi connectivity index (χ0v) is 9.33. The molecule has 0 radical (unpaired) electrons. The molecule has 2 fully saturated rings. The maximum atomic E-state index is 11.6. The van der Waals surface area contributed by atoms with Gasteiger partial charge in [0.1, 0.15) is 5.60 Å². The smallest absolute Gasteiger partial charge is 0.337 e. The highest BCUT2D eigenvalue weighted by molar-refractivity contribution is 5.89. The number of hydrogen-bond acceptors (Lipinski definition) is 6. The molecule has 17 heavy (non-hydrogen) atoms. The summed E-state index contributed by atoms with van der Waals surface area (Å²) in [6.07, 6.45) is 0.295. The van der Waals surface area contributed by atoms with Crippen LogP contribution in [0.3, 0.4) is 0 Å². The summed E-state index contributed by atoms with van der Waals surface area (Å²) in [6, 6.07) is 0. The lowest BCUT2D eigenvalue weighted by atomic mass is 9.79. The third-order valence-electron chi connectivity index (χ3n) is 4.01. The van der Waals surface area contributed by atoms with E-state index in [1.165, 1.54) is 13.4 Å². The van der Waals surface area contributed by atoms with Crippen LogP contribution in [0, 0.1) is 11.8 Å². The Hall–Kier alpha value is -1.11. The number of rotatable bonds is 1. The van der Waals surface area contributed by atoms with Crippen molar-refractivity contribution in [3.8, 4) is 0 Å². The molecule has 2 aliphatic heterocycles. The lowest BCUT2D eigenvalue weighted by molar-refractivity contribution is -0.269. The highest BCUT2D eigenvalue weighted by atomic mass is 16.6. The van der Waals surface area contributed by atoms with Crippen LogP contribution < -0.4 is 0 Å². The van der Waals surface area contributed by atoms with E-state index in [1.54, 1.807) is 0 Å². The number of carbonyl (C=O) groups excluding carboxylic acids is 1. The third-order valence-corrected chi connectivity index (χ3v) is 4.01. The first-order chi connectivity index (χ1) is 8.08. The molecule has 6 nitrogen and oxygen atoms in total. The Bertz CT molecular complexity index is 391. The van der Waals surface area contributed by atoms with Crippen LogP contribution >= 0.6 is 0 Å². The Morgan fingerprint density at radius 3 is 3.00 bits per heavy atom. The van der Waals surface area contributed by atoms with Gasteiger partial charge in [-0.3, -0.25) is 0 Å². The SMILES string of the molecule is COC(=O)C1=CO[C@@H](O)C2C1CC1OCC12O. The van der Waals surface area contributed by atoms with Crippen molar-refractivity contribution in [2.45, 2.75) is 24.4 Å². The van der Waals surface area contributed by atoms with E-state index in [0.717, 1.165) is 0 Å². The number of fused-ring (bicyclic) bond motifs is 3. The molecule has 1 aliphatic carbocycles. The van der Waals surface area contributed by atoms with Gasteiger partial charge in [-0.25, -0.2) is 4.79 Å². The third kappa shape index (κ3) is 1.28. The lowest BCUT2D eigenvalue weighted by Crippen LogP contribution is -2.61. The minimum absolute atomic E-state index is 0.174. The van der Waals surface area contributed by atoms with Crippen LogP contribution in [0.1, 0.15) is 6.42 Å². The fraction of sp³-hybridized carbons (Fsp3) is 0.727. The predicted molar refractivity (Wildman–Crippen MR) is 53.5 cm³/mol. The Morgan fingerprint density at radius 2 is 2.41 bits per heavy atom. The predicted octanol–water partition coefficient (Wildman–Crippen LogP) is -0.842. The molecule has 3 aliphatic rings. The van der Waals surface area contributed by atoms with Crippen LogP contribution in [0.4, 0.5) is 0 Å².